The maximum Gasteiger partial charge on any atom is 0.224 e. The zero-order valence-corrected chi connectivity index (χ0v) is 9.74. The highest BCUT2D eigenvalue weighted by molar-refractivity contribution is 5.79. The smallest absolute Gasteiger partial charge is 0.224 e. The van der Waals surface area contributed by atoms with E-state index >= 15 is 0 Å². The quantitative estimate of drug-likeness (QED) is 0.639. The van der Waals surface area contributed by atoms with E-state index < -0.39 is 0 Å². The molecular weight excluding hydrogens is 204 g/mol. The normalized spacial score (nSPS) is 35.7. The molecular formula is C12H22N2O2. The molecule has 92 valence electrons. The summed E-state index contributed by atoms with van der Waals surface area (Å²) in [6.07, 6.45) is 5.46. The highest BCUT2D eigenvalue weighted by Crippen LogP contribution is 2.19. The van der Waals surface area contributed by atoms with Gasteiger partial charge < -0.3 is 15.7 Å². The van der Waals surface area contributed by atoms with Gasteiger partial charge in [0.05, 0.1) is 12.0 Å². The lowest BCUT2D eigenvalue weighted by atomic mass is 9.92. The van der Waals surface area contributed by atoms with Crippen LogP contribution in [0.5, 0.6) is 0 Å². The van der Waals surface area contributed by atoms with Crippen molar-refractivity contribution in [1.82, 2.24) is 10.6 Å². The van der Waals surface area contributed by atoms with Gasteiger partial charge in [0.2, 0.25) is 5.91 Å². The Morgan fingerprint density at radius 3 is 2.56 bits per heavy atom. The molecule has 16 heavy (non-hydrogen) atoms. The molecule has 1 amide bonds. The number of nitrogens with one attached hydrogen (secondary N) is 2. The number of carbonyl (C=O) groups excluding carboxylic acids is 1. The van der Waals surface area contributed by atoms with Crippen LogP contribution < -0.4 is 10.6 Å². The van der Waals surface area contributed by atoms with E-state index in [1.165, 1.54) is 0 Å². The zero-order chi connectivity index (χ0) is 11.4. The van der Waals surface area contributed by atoms with Crippen LogP contribution in [-0.4, -0.2) is 36.2 Å². The number of hydrogen-bond acceptors (Lipinski definition) is 3. The minimum absolute atomic E-state index is 0.149. The van der Waals surface area contributed by atoms with Gasteiger partial charge in [0.15, 0.2) is 0 Å². The lowest BCUT2D eigenvalue weighted by Gasteiger charge is -2.29. The monoisotopic (exact) mass is 226 g/mol. The van der Waals surface area contributed by atoms with E-state index in [4.69, 9.17) is 0 Å². The first-order valence-electron chi connectivity index (χ1n) is 6.45. The van der Waals surface area contributed by atoms with Gasteiger partial charge in [-0.2, -0.15) is 0 Å². The Balaban J connectivity index is 1.73. The minimum atomic E-state index is -0.149. The number of piperidine rings is 1. The second kappa shape index (κ2) is 5.64. The van der Waals surface area contributed by atoms with E-state index in [2.05, 4.69) is 10.6 Å². The van der Waals surface area contributed by atoms with Gasteiger partial charge in [0.1, 0.15) is 0 Å². The molecule has 0 bridgehead atoms. The topological polar surface area (TPSA) is 61.4 Å². The van der Waals surface area contributed by atoms with Gasteiger partial charge in [-0.3, -0.25) is 4.79 Å². The van der Waals surface area contributed by atoms with Crippen LogP contribution in [0.2, 0.25) is 0 Å². The Morgan fingerprint density at radius 1 is 1.19 bits per heavy atom. The molecule has 2 aliphatic rings. The summed E-state index contributed by atoms with van der Waals surface area (Å²) in [5.41, 5.74) is 0. The first kappa shape index (κ1) is 11.9. The Bertz CT molecular complexity index is 231. The van der Waals surface area contributed by atoms with E-state index in [0.717, 1.165) is 51.6 Å². The standard InChI is InChI=1S/C12H22N2O2/c15-11-5-3-10(4-6-11)14-12(16)9-2-1-7-13-8-9/h9-11,13,15H,1-8H2,(H,14,16)/t9-,10?,11?/m1/s1. The molecule has 0 aromatic carbocycles. The summed E-state index contributed by atoms with van der Waals surface area (Å²) in [5, 5.41) is 15.8. The third-order valence-corrected chi connectivity index (χ3v) is 3.71. The van der Waals surface area contributed by atoms with Gasteiger partial charge in [-0.15, -0.1) is 0 Å². The molecule has 0 spiro atoms. The van der Waals surface area contributed by atoms with Crippen LogP contribution >= 0.6 is 0 Å². The van der Waals surface area contributed by atoms with Gasteiger partial charge >= 0.3 is 0 Å². The van der Waals surface area contributed by atoms with Gasteiger partial charge in [-0.25, -0.2) is 0 Å². The summed E-state index contributed by atoms with van der Waals surface area (Å²) < 4.78 is 0. The maximum absolute atomic E-state index is 11.9. The summed E-state index contributed by atoms with van der Waals surface area (Å²) in [4.78, 5) is 11.9. The molecule has 1 saturated heterocycles. The first-order chi connectivity index (χ1) is 7.75. The van der Waals surface area contributed by atoms with Crippen molar-refractivity contribution in [3.63, 3.8) is 0 Å². The fourth-order valence-corrected chi connectivity index (χ4v) is 2.61. The molecule has 4 heteroatoms. The fraction of sp³-hybridized carbons (Fsp3) is 0.917. The molecule has 0 unspecified atom stereocenters. The molecule has 3 N–H and O–H groups in total. The number of hydrogen-bond donors (Lipinski definition) is 3. The number of aliphatic hydroxyl groups excluding tert-OH is 1. The van der Waals surface area contributed by atoms with Crippen LogP contribution in [0.15, 0.2) is 0 Å². The minimum Gasteiger partial charge on any atom is -0.393 e. The molecule has 2 rings (SSSR count). The predicted molar refractivity (Wildman–Crippen MR) is 62.0 cm³/mol. The van der Waals surface area contributed by atoms with Crippen LogP contribution in [0.1, 0.15) is 38.5 Å². The van der Waals surface area contributed by atoms with Crippen molar-refractivity contribution >= 4 is 5.91 Å². The van der Waals surface area contributed by atoms with Crippen molar-refractivity contribution < 1.29 is 9.90 Å². The molecule has 0 radical (unpaired) electrons. The van der Waals surface area contributed by atoms with E-state index in [-0.39, 0.29) is 24.0 Å². The zero-order valence-electron chi connectivity index (χ0n) is 9.74. The molecule has 2 fully saturated rings. The number of rotatable bonds is 2. The predicted octanol–water partition coefficient (Wildman–Crippen LogP) is 0.406. The molecule has 1 aliphatic carbocycles. The van der Waals surface area contributed by atoms with Gasteiger partial charge in [-0.1, -0.05) is 0 Å². The molecule has 1 heterocycles. The summed E-state index contributed by atoms with van der Waals surface area (Å²) in [5.74, 6) is 0.356. The van der Waals surface area contributed by atoms with Crippen molar-refractivity contribution in [2.45, 2.75) is 50.7 Å². The summed E-state index contributed by atoms with van der Waals surface area (Å²) in [7, 11) is 0. The Labute approximate surface area is 96.8 Å². The van der Waals surface area contributed by atoms with E-state index in [0.29, 0.717) is 0 Å². The highest BCUT2D eigenvalue weighted by atomic mass is 16.3. The van der Waals surface area contributed by atoms with Crippen molar-refractivity contribution in [3.05, 3.63) is 0 Å². The van der Waals surface area contributed by atoms with Crippen LogP contribution in [0.4, 0.5) is 0 Å². The molecule has 1 atom stereocenters. The molecule has 0 aromatic rings. The largest absolute Gasteiger partial charge is 0.393 e. The van der Waals surface area contributed by atoms with E-state index in [1.54, 1.807) is 0 Å². The second-order valence-corrected chi connectivity index (χ2v) is 5.06. The van der Waals surface area contributed by atoms with Crippen molar-refractivity contribution in [1.29, 1.82) is 0 Å². The third kappa shape index (κ3) is 3.19. The lowest BCUT2D eigenvalue weighted by Crippen LogP contribution is -2.45. The molecule has 1 saturated carbocycles. The number of aliphatic hydroxyl groups is 1. The molecule has 0 aromatic heterocycles. The van der Waals surface area contributed by atoms with Crippen molar-refractivity contribution in [2.24, 2.45) is 5.92 Å². The summed E-state index contributed by atoms with van der Waals surface area (Å²) in [6.45, 7) is 1.86. The third-order valence-electron chi connectivity index (χ3n) is 3.71. The van der Waals surface area contributed by atoms with Crippen LogP contribution in [0, 0.1) is 5.92 Å². The molecule has 1 aliphatic heterocycles. The van der Waals surface area contributed by atoms with Crippen molar-refractivity contribution in [2.75, 3.05) is 13.1 Å². The lowest BCUT2D eigenvalue weighted by molar-refractivity contribution is -0.126. The second-order valence-electron chi connectivity index (χ2n) is 5.06. The number of carbonyl (C=O) groups is 1. The van der Waals surface area contributed by atoms with E-state index in [1.807, 2.05) is 0 Å². The Kier molecular flexibility index (Phi) is 4.18. The van der Waals surface area contributed by atoms with Crippen LogP contribution in [-0.2, 0) is 4.79 Å². The van der Waals surface area contributed by atoms with Crippen molar-refractivity contribution in [3.8, 4) is 0 Å². The Hall–Kier alpha value is -0.610. The Morgan fingerprint density at radius 2 is 1.94 bits per heavy atom. The van der Waals surface area contributed by atoms with Gasteiger partial charge in [-0.05, 0) is 45.1 Å². The molecule has 4 nitrogen and oxygen atoms in total. The summed E-state index contributed by atoms with van der Waals surface area (Å²) in [6, 6.07) is 0.290. The number of amides is 1. The average molecular weight is 226 g/mol. The highest BCUT2D eigenvalue weighted by Gasteiger charge is 2.25. The fourth-order valence-electron chi connectivity index (χ4n) is 2.61. The maximum atomic E-state index is 11.9. The SMILES string of the molecule is O=C(NC1CCC(O)CC1)[C@@H]1CCCNC1. The van der Waals surface area contributed by atoms with Crippen LogP contribution in [0.25, 0.3) is 0 Å². The summed E-state index contributed by atoms with van der Waals surface area (Å²) >= 11 is 0. The van der Waals surface area contributed by atoms with Gasteiger partial charge in [0.25, 0.3) is 0 Å². The van der Waals surface area contributed by atoms with E-state index in [9.17, 15) is 9.90 Å². The van der Waals surface area contributed by atoms with Gasteiger partial charge in [0, 0.05) is 12.6 Å². The first-order valence-corrected chi connectivity index (χ1v) is 6.45. The average Bonchev–Trinajstić information content (AvgIpc) is 2.33. The van der Waals surface area contributed by atoms with Crippen LogP contribution in [0.3, 0.4) is 0 Å².